The molecule has 1 atom stereocenters. The molecule has 2 aromatic heterocycles. The van der Waals surface area contributed by atoms with Crippen LogP contribution in [0.25, 0.3) is 5.65 Å². The van der Waals surface area contributed by atoms with E-state index in [-0.39, 0.29) is 11.3 Å². The lowest BCUT2D eigenvalue weighted by molar-refractivity contribution is 0.0946. The first-order chi connectivity index (χ1) is 11.6. The Hall–Kier alpha value is -2.57. The molecule has 1 aliphatic carbocycles. The van der Waals surface area contributed by atoms with Crippen molar-refractivity contribution in [1.82, 2.24) is 19.6 Å². The monoisotopic (exact) mass is 328 g/mol. The summed E-state index contributed by atoms with van der Waals surface area (Å²) < 4.78 is 1.83. The van der Waals surface area contributed by atoms with Gasteiger partial charge < -0.3 is 19.7 Å². The van der Waals surface area contributed by atoms with Crippen LogP contribution in [0.2, 0.25) is 0 Å². The van der Waals surface area contributed by atoms with Gasteiger partial charge in [0, 0.05) is 38.2 Å². The molecule has 1 aliphatic heterocycles. The van der Waals surface area contributed by atoms with Gasteiger partial charge in [-0.2, -0.15) is 0 Å². The number of nitrogens with zero attached hydrogens (tertiary/aromatic N) is 3. The Morgan fingerprint density at radius 1 is 1.33 bits per heavy atom. The number of carboxylic acid groups (broad SMARTS) is 1. The molecule has 7 nitrogen and oxygen atoms in total. The van der Waals surface area contributed by atoms with E-state index in [0.29, 0.717) is 31.1 Å². The normalized spacial score (nSPS) is 21.8. The molecule has 0 bridgehead atoms. The van der Waals surface area contributed by atoms with Crippen LogP contribution in [-0.4, -0.2) is 51.0 Å². The number of rotatable bonds is 3. The van der Waals surface area contributed by atoms with Crippen molar-refractivity contribution in [3.8, 4) is 0 Å². The summed E-state index contributed by atoms with van der Waals surface area (Å²) in [5.74, 6) is 0.394. The van der Waals surface area contributed by atoms with Crippen LogP contribution in [0.1, 0.15) is 29.6 Å². The predicted octanol–water partition coefficient (Wildman–Crippen LogP) is 1.84. The zero-order valence-electron chi connectivity index (χ0n) is 13.3. The highest BCUT2D eigenvalue weighted by Crippen LogP contribution is 2.58. The van der Waals surface area contributed by atoms with Crippen LogP contribution >= 0.6 is 0 Å². The quantitative estimate of drug-likeness (QED) is 0.900. The van der Waals surface area contributed by atoms with E-state index in [4.69, 9.17) is 5.11 Å². The van der Waals surface area contributed by atoms with Crippen molar-refractivity contribution in [3.05, 3.63) is 36.3 Å². The fraction of sp³-hybridized carbons (Fsp3) is 0.471. The maximum absolute atomic E-state index is 12.3. The van der Waals surface area contributed by atoms with Gasteiger partial charge >= 0.3 is 6.09 Å². The second kappa shape index (κ2) is 5.51. The summed E-state index contributed by atoms with van der Waals surface area (Å²) >= 11 is 0. The lowest BCUT2D eigenvalue weighted by Crippen LogP contribution is -2.39. The molecule has 3 heterocycles. The standard InChI is InChI=1S/C17H20N4O3/c22-15(12-1-2-14-18-5-8-21(14)11-12)19-10-13-9-17(13)3-6-20(7-4-17)16(23)24/h1-2,5,8,11,13H,3-4,6-7,9-10H2,(H,19,22)(H,23,24). The Bertz CT molecular complexity index is 792. The minimum atomic E-state index is -0.828. The van der Waals surface area contributed by atoms with Crippen LogP contribution in [0.15, 0.2) is 30.7 Å². The molecule has 1 spiro atoms. The number of nitrogens with one attached hydrogen (secondary N) is 1. The highest BCUT2D eigenvalue weighted by Gasteiger charge is 2.54. The van der Waals surface area contributed by atoms with Crippen molar-refractivity contribution >= 4 is 17.6 Å². The van der Waals surface area contributed by atoms with Crippen molar-refractivity contribution in [3.63, 3.8) is 0 Å². The van der Waals surface area contributed by atoms with E-state index in [1.807, 2.05) is 16.7 Å². The number of amides is 2. The van der Waals surface area contributed by atoms with Crippen LogP contribution in [0.3, 0.4) is 0 Å². The number of aromatic nitrogens is 2. The largest absolute Gasteiger partial charge is 0.465 e. The summed E-state index contributed by atoms with van der Waals surface area (Å²) in [6, 6.07) is 3.61. The molecule has 4 rings (SSSR count). The molecule has 7 heteroatoms. The number of imidazole rings is 1. The first-order valence-corrected chi connectivity index (χ1v) is 8.26. The fourth-order valence-corrected chi connectivity index (χ4v) is 3.85. The minimum Gasteiger partial charge on any atom is -0.465 e. The first-order valence-electron chi connectivity index (χ1n) is 8.26. The van der Waals surface area contributed by atoms with E-state index in [2.05, 4.69) is 10.3 Å². The molecular weight excluding hydrogens is 308 g/mol. The molecule has 1 saturated carbocycles. The maximum atomic E-state index is 12.3. The second-order valence-electron chi connectivity index (χ2n) is 6.85. The third-order valence-electron chi connectivity index (χ3n) is 5.55. The second-order valence-corrected chi connectivity index (χ2v) is 6.85. The predicted molar refractivity (Wildman–Crippen MR) is 86.9 cm³/mol. The van der Waals surface area contributed by atoms with E-state index in [1.54, 1.807) is 18.5 Å². The van der Waals surface area contributed by atoms with Crippen molar-refractivity contribution in [2.24, 2.45) is 11.3 Å². The highest BCUT2D eigenvalue weighted by molar-refractivity contribution is 5.94. The number of hydrogen-bond donors (Lipinski definition) is 2. The van der Waals surface area contributed by atoms with Gasteiger partial charge in [-0.1, -0.05) is 0 Å². The average Bonchev–Trinajstić information content (AvgIpc) is 3.04. The lowest BCUT2D eigenvalue weighted by Gasteiger charge is -2.31. The summed E-state index contributed by atoms with van der Waals surface area (Å²) in [5, 5.41) is 12.0. The summed E-state index contributed by atoms with van der Waals surface area (Å²) in [6.45, 7) is 1.88. The Morgan fingerprint density at radius 3 is 2.88 bits per heavy atom. The molecule has 126 valence electrons. The van der Waals surface area contributed by atoms with E-state index < -0.39 is 6.09 Å². The van der Waals surface area contributed by atoms with Crippen molar-refractivity contribution in [1.29, 1.82) is 0 Å². The van der Waals surface area contributed by atoms with Gasteiger partial charge in [-0.05, 0) is 42.7 Å². The first kappa shape index (κ1) is 15.0. The van der Waals surface area contributed by atoms with Crippen molar-refractivity contribution in [2.75, 3.05) is 19.6 Å². The smallest absolute Gasteiger partial charge is 0.407 e. The average molecular weight is 328 g/mol. The molecule has 2 fully saturated rings. The van der Waals surface area contributed by atoms with Gasteiger partial charge in [0.1, 0.15) is 5.65 Å². The Kier molecular flexibility index (Phi) is 3.44. The van der Waals surface area contributed by atoms with E-state index in [1.165, 1.54) is 4.90 Å². The number of carbonyl (C=O) groups excluding carboxylic acids is 1. The molecule has 24 heavy (non-hydrogen) atoms. The Morgan fingerprint density at radius 2 is 2.12 bits per heavy atom. The summed E-state index contributed by atoms with van der Waals surface area (Å²) in [7, 11) is 0. The molecule has 2 N–H and O–H groups in total. The van der Waals surface area contributed by atoms with Gasteiger partial charge in [-0.15, -0.1) is 0 Å². The van der Waals surface area contributed by atoms with Gasteiger partial charge in [0.15, 0.2) is 0 Å². The topological polar surface area (TPSA) is 86.9 Å². The Balaban J connectivity index is 1.31. The Labute approximate surface area is 139 Å². The van der Waals surface area contributed by atoms with Crippen LogP contribution in [-0.2, 0) is 0 Å². The lowest BCUT2D eigenvalue weighted by atomic mass is 9.91. The minimum absolute atomic E-state index is 0.0735. The van der Waals surface area contributed by atoms with Gasteiger partial charge in [-0.25, -0.2) is 9.78 Å². The van der Waals surface area contributed by atoms with Gasteiger partial charge in [0.05, 0.1) is 5.56 Å². The maximum Gasteiger partial charge on any atom is 0.407 e. The molecule has 0 radical (unpaired) electrons. The summed E-state index contributed by atoms with van der Waals surface area (Å²) in [5.41, 5.74) is 1.68. The number of carbonyl (C=O) groups is 2. The zero-order chi connectivity index (χ0) is 16.7. The summed E-state index contributed by atoms with van der Waals surface area (Å²) in [4.78, 5) is 28.9. The van der Waals surface area contributed by atoms with Crippen LogP contribution in [0, 0.1) is 11.3 Å². The third-order valence-corrected chi connectivity index (χ3v) is 5.55. The number of hydrogen-bond acceptors (Lipinski definition) is 3. The fourth-order valence-electron chi connectivity index (χ4n) is 3.85. The number of likely N-dealkylation sites (tertiary alicyclic amines) is 1. The van der Waals surface area contributed by atoms with Crippen LogP contribution < -0.4 is 5.32 Å². The van der Waals surface area contributed by atoms with E-state index in [9.17, 15) is 9.59 Å². The van der Waals surface area contributed by atoms with E-state index in [0.717, 1.165) is 24.9 Å². The molecule has 0 aromatic carbocycles. The van der Waals surface area contributed by atoms with Gasteiger partial charge in [0.2, 0.25) is 0 Å². The SMILES string of the molecule is O=C(NCC1CC12CCN(C(=O)O)CC2)c1ccc2nccn2c1. The van der Waals surface area contributed by atoms with Gasteiger partial charge in [0.25, 0.3) is 5.91 Å². The molecule has 2 aromatic rings. The zero-order valence-corrected chi connectivity index (χ0v) is 13.3. The van der Waals surface area contributed by atoms with Crippen molar-refractivity contribution < 1.29 is 14.7 Å². The van der Waals surface area contributed by atoms with Crippen LogP contribution in [0.5, 0.6) is 0 Å². The molecule has 2 amide bonds. The van der Waals surface area contributed by atoms with Crippen LogP contribution in [0.4, 0.5) is 4.79 Å². The number of piperidine rings is 1. The molecule has 1 unspecified atom stereocenters. The number of fused-ring (bicyclic) bond motifs is 1. The van der Waals surface area contributed by atoms with E-state index >= 15 is 0 Å². The molecular formula is C17H20N4O3. The molecule has 1 saturated heterocycles. The van der Waals surface area contributed by atoms with Crippen molar-refractivity contribution in [2.45, 2.75) is 19.3 Å². The number of pyridine rings is 1. The third kappa shape index (κ3) is 2.60. The summed E-state index contributed by atoms with van der Waals surface area (Å²) in [6.07, 6.45) is 7.37. The highest BCUT2D eigenvalue weighted by atomic mass is 16.4. The molecule has 2 aliphatic rings. The van der Waals surface area contributed by atoms with Gasteiger partial charge in [-0.3, -0.25) is 4.79 Å².